The van der Waals surface area contributed by atoms with E-state index < -0.39 is 0 Å². The van der Waals surface area contributed by atoms with Gasteiger partial charge in [-0.25, -0.2) is 0 Å². The van der Waals surface area contributed by atoms with Gasteiger partial charge in [-0.05, 0) is 64.6 Å². The molecule has 0 aromatic heterocycles. The molecule has 0 spiro atoms. The average molecular weight is 502 g/mol. The lowest BCUT2D eigenvalue weighted by Gasteiger charge is -2.30. The predicted octanol–water partition coefficient (Wildman–Crippen LogP) is 10.0. The Morgan fingerprint density at radius 2 is 0.949 bits per heavy atom. The number of anilines is 2. The topological polar surface area (TPSA) is 3.24 Å². The first kappa shape index (κ1) is 24.5. The van der Waals surface area contributed by atoms with E-state index in [1.165, 1.54) is 39.0 Å². The highest BCUT2D eigenvalue weighted by molar-refractivity contribution is 5.79. The Labute approximate surface area is 231 Å². The van der Waals surface area contributed by atoms with E-state index in [0.717, 1.165) is 11.4 Å². The normalized spacial score (nSPS) is 14.5. The molecule has 0 heterocycles. The molecule has 1 unspecified atom stereocenters. The molecule has 1 atom stereocenters. The Bertz CT molecular complexity index is 1610. The van der Waals surface area contributed by atoms with Crippen molar-refractivity contribution >= 4 is 16.9 Å². The van der Waals surface area contributed by atoms with Gasteiger partial charge in [-0.1, -0.05) is 145 Å². The fourth-order valence-electron chi connectivity index (χ4n) is 5.09. The minimum Gasteiger partial charge on any atom is -0.331 e. The first-order valence-electron chi connectivity index (χ1n) is 13.5. The van der Waals surface area contributed by atoms with Crippen molar-refractivity contribution in [1.82, 2.24) is 0 Å². The van der Waals surface area contributed by atoms with Crippen LogP contribution in [0.5, 0.6) is 0 Å². The van der Waals surface area contributed by atoms with Crippen LogP contribution in [0.4, 0.5) is 11.4 Å². The van der Waals surface area contributed by atoms with E-state index in [4.69, 9.17) is 0 Å². The van der Waals surface area contributed by atoms with E-state index >= 15 is 0 Å². The molecule has 0 amide bonds. The van der Waals surface area contributed by atoms with Crippen molar-refractivity contribution in [2.45, 2.75) is 13.0 Å². The molecule has 0 N–H and O–H groups in total. The summed E-state index contributed by atoms with van der Waals surface area (Å²) in [6.07, 6.45) is 11.2. The number of allylic oxidation sites excluding steroid dienone is 4. The monoisotopic (exact) mass is 501 g/mol. The van der Waals surface area contributed by atoms with E-state index in [9.17, 15) is 0 Å². The van der Waals surface area contributed by atoms with Gasteiger partial charge in [0.25, 0.3) is 0 Å². The molecule has 39 heavy (non-hydrogen) atoms. The lowest BCUT2D eigenvalue weighted by molar-refractivity contribution is 0.944. The van der Waals surface area contributed by atoms with E-state index in [1.54, 1.807) is 0 Å². The van der Waals surface area contributed by atoms with Crippen molar-refractivity contribution in [3.63, 3.8) is 0 Å². The van der Waals surface area contributed by atoms with E-state index in [2.05, 4.69) is 176 Å². The summed E-state index contributed by atoms with van der Waals surface area (Å²) >= 11 is 0. The Morgan fingerprint density at radius 3 is 1.59 bits per heavy atom. The summed E-state index contributed by atoms with van der Waals surface area (Å²) in [6, 6.07) is 47.7. The number of aryl methyl sites for hydroxylation is 1. The van der Waals surface area contributed by atoms with Gasteiger partial charge >= 0.3 is 0 Å². The molecule has 0 fully saturated rings. The first-order chi connectivity index (χ1) is 19.2. The molecule has 5 aromatic rings. The maximum atomic E-state index is 2.39. The average Bonchev–Trinajstić information content (AvgIpc) is 3.26. The summed E-state index contributed by atoms with van der Waals surface area (Å²) < 4.78 is 0. The van der Waals surface area contributed by atoms with Crippen molar-refractivity contribution in [2.75, 3.05) is 4.90 Å². The molecular formula is C38H31N. The molecule has 0 saturated carbocycles. The maximum Gasteiger partial charge on any atom is 0.0712 e. The standard InChI is InChI=1S/C38H31N/c1-29-15-17-32(18-16-29)35-24-27-38(28-25-35)39(36-12-6-3-7-13-36)37-14-8-11-31(23-26-37)34-21-19-33(20-22-34)30-9-4-2-5-10-30/h2-28,37H,1H3. The van der Waals surface area contributed by atoms with Crippen LogP contribution >= 0.6 is 0 Å². The van der Waals surface area contributed by atoms with Gasteiger partial charge in [-0.3, -0.25) is 0 Å². The first-order valence-corrected chi connectivity index (χ1v) is 13.5. The summed E-state index contributed by atoms with van der Waals surface area (Å²) in [4.78, 5) is 2.39. The summed E-state index contributed by atoms with van der Waals surface area (Å²) in [5, 5.41) is 0. The van der Waals surface area contributed by atoms with Crippen molar-refractivity contribution < 1.29 is 0 Å². The van der Waals surface area contributed by atoms with E-state index in [0.29, 0.717) is 0 Å². The molecule has 0 saturated heterocycles. The number of rotatable bonds is 6. The lowest BCUT2D eigenvalue weighted by atomic mass is 10.00. The van der Waals surface area contributed by atoms with Crippen LogP contribution in [0.25, 0.3) is 27.8 Å². The largest absolute Gasteiger partial charge is 0.331 e. The Morgan fingerprint density at radius 1 is 0.462 bits per heavy atom. The third-order valence-electron chi connectivity index (χ3n) is 7.25. The van der Waals surface area contributed by atoms with Crippen LogP contribution in [0.1, 0.15) is 11.1 Å². The fraction of sp³-hybridized carbons (Fsp3) is 0.0526. The zero-order chi connectivity index (χ0) is 26.4. The van der Waals surface area contributed by atoms with Gasteiger partial charge in [-0.15, -0.1) is 0 Å². The van der Waals surface area contributed by atoms with Crippen LogP contribution in [0.3, 0.4) is 0 Å². The third kappa shape index (κ3) is 5.54. The van der Waals surface area contributed by atoms with Gasteiger partial charge in [-0.2, -0.15) is 0 Å². The second-order valence-corrected chi connectivity index (χ2v) is 9.92. The molecule has 6 rings (SSSR count). The number of hydrogen-bond acceptors (Lipinski definition) is 1. The second kappa shape index (κ2) is 11.2. The van der Waals surface area contributed by atoms with Crippen LogP contribution in [0.2, 0.25) is 0 Å². The SMILES string of the molecule is Cc1ccc(-c2ccc(N(c3ccccc3)C3C=CC=C(c4ccc(-c5ccccc5)cc4)C=C3)cc2)cc1. The summed E-state index contributed by atoms with van der Waals surface area (Å²) in [5.41, 5.74) is 10.9. The molecule has 0 radical (unpaired) electrons. The zero-order valence-corrected chi connectivity index (χ0v) is 22.1. The zero-order valence-electron chi connectivity index (χ0n) is 22.1. The third-order valence-corrected chi connectivity index (χ3v) is 7.25. The van der Waals surface area contributed by atoms with Gasteiger partial charge in [0, 0.05) is 11.4 Å². The highest BCUT2D eigenvalue weighted by Gasteiger charge is 2.18. The lowest BCUT2D eigenvalue weighted by Crippen LogP contribution is -2.27. The molecular weight excluding hydrogens is 470 g/mol. The summed E-state index contributed by atoms with van der Waals surface area (Å²) in [6.45, 7) is 2.12. The molecule has 5 aromatic carbocycles. The van der Waals surface area contributed by atoms with Gasteiger partial charge in [0.1, 0.15) is 0 Å². The quantitative estimate of drug-likeness (QED) is 0.224. The Balaban J connectivity index is 1.27. The van der Waals surface area contributed by atoms with Crippen molar-refractivity contribution in [1.29, 1.82) is 0 Å². The van der Waals surface area contributed by atoms with E-state index in [-0.39, 0.29) is 6.04 Å². The highest BCUT2D eigenvalue weighted by atomic mass is 15.2. The number of nitrogens with zero attached hydrogens (tertiary/aromatic N) is 1. The molecule has 1 heteroatoms. The van der Waals surface area contributed by atoms with Crippen LogP contribution in [0.15, 0.2) is 164 Å². The number of para-hydroxylation sites is 1. The summed E-state index contributed by atoms with van der Waals surface area (Å²) in [5.74, 6) is 0. The van der Waals surface area contributed by atoms with Gasteiger partial charge in [0.05, 0.1) is 6.04 Å². The number of hydrogen-bond donors (Lipinski definition) is 0. The van der Waals surface area contributed by atoms with Crippen LogP contribution in [-0.2, 0) is 0 Å². The summed E-state index contributed by atoms with van der Waals surface area (Å²) in [7, 11) is 0. The molecule has 1 nitrogen and oxygen atoms in total. The Hall–Kier alpha value is -4.88. The minimum absolute atomic E-state index is 0.0787. The molecule has 0 bridgehead atoms. The molecule has 1 aliphatic rings. The van der Waals surface area contributed by atoms with Crippen molar-refractivity contribution in [3.8, 4) is 22.3 Å². The molecule has 0 aliphatic heterocycles. The maximum absolute atomic E-state index is 2.39. The fourth-order valence-corrected chi connectivity index (χ4v) is 5.09. The predicted molar refractivity (Wildman–Crippen MR) is 167 cm³/mol. The van der Waals surface area contributed by atoms with Crippen molar-refractivity contribution in [2.24, 2.45) is 0 Å². The van der Waals surface area contributed by atoms with Gasteiger partial charge in [0.15, 0.2) is 0 Å². The smallest absolute Gasteiger partial charge is 0.0712 e. The second-order valence-electron chi connectivity index (χ2n) is 9.92. The molecule has 1 aliphatic carbocycles. The molecule has 188 valence electrons. The number of benzene rings is 5. The van der Waals surface area contributed by atoms with Crippen LogP contribution < -0.4 is 4.90 Å². The highest BCUT2D eigenvalue weighted by Crippen LogP contribution is 2.33. The van der Waals surface area contributed by atoms with Crippen molar-refractivity contribution in [3.05, 3.63) is 175 Å². The Kier molecular flexibility index (Phi) is 7.05. The van der Waals surface area contributed by atoms with E-state index in [1.807, 2.05) is 0 Å². The minimum atomic E-state index is 0.0787. The van der Waals surface area contributed by atoms with Crippen LogP contribution in [-0.4, -0.2) is 6.04 Å². The van der Waals surface area contributed by atoms with Gasteiger partial charge in [0.2, 0.25) is 0 Å². The van der Waals surface area contributed by atoms with Crippen LogP contribution in [0, 0.1) is 6.92 Å². The van der Waals surface area contributed by atoms with Gasteiger partial charge < -0.3 is 4.90 Å².